The third-order valence-corrected chi connectivity index (χ3v) is 4.08. The topological polar surface area (TPSA) is 15.3 Å². The first-order valence-corrected chi connectivity index (χ1v) is 7.15. The van der Waals surface area contributed by atoms with Gasteiger partial charge in [0.2, 0.25) is 0 Å². The molecule has 0 radical (unpaired) electrons. The van der Waals surface area contributed by atoms with Crippen molar-refractivity contribution in [2.24, 2.45) is 0 Å². The lowest BCUT2D eigenvalue weighted by Gasteiger charge is -2.29. The van der Waals surface area contributed by atoms with Crippen LogP contribution in [-0.2, 0) is 0 Å². The number of nitrogens with zero attached hydrogens (tertiary/aromatic N) is 1. The van der Waals surface area contributed by atoms with Crippen molar-refractivity contribution in [3.63, 3.8) is 0 Å². The number of hydrogen-bond acceptors (Lipinski definition) is 2. The number of benzene rings is 1. The zero-order valence-electron chi connectivity index (χ0n) is 12.2. The van der Waals surface area contributed by atoms with Crippen LogP contribution in [0.2, 0.25) is 0 Å². The van der Waals surface area contributed by atoms with Gasteiger partial charge in [0, 0.05) is 24.3 Å². The van der Waals surface area contributed by atoms with Crippen molar-refractivity contribution in [1.82, 2.24) is 4.90 Å². The second-order valence-electron chi connectivity index (χ2n) is 5.78. The van der Waals surface area contributed by atoms with Gasteiger partial charge in [-0.15, -0.1) is 0 Å². The molecule has 1 atom stereocenters. The molecule has 0 aromatic heterocycles. The van der Waals surface area contributed by atoms with E-state index < -0.39 is 0 Å². The summed E-state index contributed by atoms with van der Waals surface area (Å²) < 4.78 is 0. The average Bonchev–Trinajstić information content (AvgIpc) is 2.76. The van der Waals surface area contributed by atoms with Gasteiger partial charge in [0.15, 0.2) is 0 Å². The molecule has 0 bridgehead atoms. The molecule has 2 rings (SSSR count). The minimum Gasteiger partial charge on any atom is -0.383 e. The van der Waals surface area contributed by atoms with Gasteiger partial charge < -0.3 is 5.32 Å². The summed E-state index contributed by atoms with van der Waals surface area (Å²) in [6.45, 7) is 11.3. The first-order chi connectivity index (χ1) is 8.59. The molecule has 1 saturated heterocycles. The summed E-state index contributed by atoms with van der Waals surface area (Å²) >= 11 is 0. The number of rotatable bonds is 4. The van der Waals surface area contributed by atoms with Crippen LogP contribution in [0.4, 0.5) is 5.69 Å². The zero-order valence-corrected chi connectivity index (χ0v) is 12.2. The third-order valence-electron chi connectivity index (χ3n) is 4.08. The number of hydrogen-bond donors (Lipinski definition) is 1. The number of aryl methyl sites for hydroxylation is 2. The molecule has 0 spiro atoms. The summed E-state index contributed by atoms with van der Waals surface area (Å²) in [5, 5.41) is 3.67. The van der Waals surface area contributed by atoms with Crippen molar-refractivity contribution in [2.75, 3.05) is 18.4 Å². The van der Waals surface area contributed by atoms with Gasteiger partial charge in [0.25, 0.3) is 0 Å². The van der Waals surface area contributed by atoms with Crippen molar-refractivity contribution in [1.29, 1.82) is 0 Å². The molecule has 2 nitrogen and oxygen atoms in total. The third kappa shape index (κ3) is 2.86. The normalized spacial score (nSPS) is 20.6. The fourth-order valence-electron chi connectivity index (χ4n) is 3.07. The first-order valence-electron chi connectivity index (χ1n) is 7.15. The van der Waals surface area contributed by atoms with Crippen LogP contribution in [-0.4, -0.2) is 30.1 Å². The molecule has 0 saturated carbocycles. The standard InChI is InChI=1S/C16H26N2/c1-12(2)18-10-6-9-15(18)11-17-16-13(3)7-5-8-14(16)4/h5,7-8,12,15,17H,6,9-11H2,1-4H3/t15-/m0/s1. The van der Waals surface area contributed by atoms with Gasteiger partial charge in [0.1, 0.15) is 0 Å². The van der Waals surface area contributed by atoms with E-state index in [9.17, 15) is 0 Å². The predicted octanol–water partition coefficient (Wildman–Crippen LogP) is 3.59. The van der Waals surface area contributed by atoms with Crippen molar-refractivity contribution in [3.8, 4) is 0 Å². The van der Waals surface area contributed by atoms with Crippen LogP contribution in [0.3, 0.4) is 0 Å². The number of nitrogens with one attached hydrogen (secondary N) is 1. The molecular formula is C16H26N2. The predicted molar refractivity (Wildman–Crippen MR) is 79.3 cm³/mol. The van der Waals surface area contributed by atoms with E-state index in [-0.39, 0.29) is 0 Å². The molecule has 1 fully saturated rings. The fourth-order valence-corrected chi connectivity index (χ4v) is 3.07. The minimum absolute atomic E-state index is 0.664. The highest BCUT2D eigenvalue weighted by molar-refractivity contribution is 5.56. The maximum atomic E-state index is 3.67. The van der Waals surface area contributed by atoms with Crippen molar-refractivity contribution < 1.29 is 0 Å². The smallest absolute Gasteiger partial charge is 0.0400 e. The van der Waals surface area contributed by atoms with E-state index in [0.717, 1.165) is 6.54 Å². The van der Waals surface area contributed by atoms with E-state index in [1.165, 1.54) is 36.2 Å². The summed E-state index contributed by atoms with van der Waals surface area (Å²) in [6, 6.07) is 7.86. The monoisotopic (exact) mass is 246 g/mol. The maximum Gasteiger partial charge on any atom is 0.0400 e. The lowest BCUT2D eigenvalue weighted by Crippen LogP contribution is -2.39. The molecule has 0 aliphatic carbocycles. The molecule has 1 aliphatic heterocycles. The molecule has 1 aromatic rings. The molecular weight excluding hydrogens is 220 g/mol. The number of likely N-dealkylation sites (tertiary alicyclic amines) is 1. The number of anilines is 1. The van der Waals surface area contributed by atoms with Gasteiger partial charge in [-0.25, -0.2) is 0 Å². The largest absolute Gasteiger partial charge is 0.383 e. The number of para-hydroxylation sites is 1. The fraction of sp³-hybridized carbons (Fsp3) is 0.625. The summed E-state index contributed by atoms with van der Waals surface area (Å²) in [6.07, 6.45) is 2.67. The molecule has 1 aliphatic rings. The summed E-state index contributed by atoms with van der Waals surface area (Å²) in [4.78, 5) is 2.63. The van der Waals surface area contributed by atoms with E-state index >= 15 is 0 Å². The molecule has 1 heterocycles. The quantitative estimate of drug-likeness (QED) is 0.873. The van der Waals surface area contributed by atoms with Crippen LogP contribution in [0, 0.1) is 13.8 Å². The van der Waals surface area contributed by atoms with E-state index in [0.29, 0.717) is 12.1 Å². The Kier molecular flexibility index (Phi) is 4.28. The Morgan fingerprint density at radius 2 is 1.94 bits per heavy atom. The average molecular weight is 246 g/mol. The van der Waals surface area contributed by atoms with Gasteiger partial charge in [-0.3, -0.25) is 4.90 Å². The van der Waals surface area contributed by atoms with Crippen LogP contribution in [0.1, 0.15) is 37.8 Å². The summed E-state index contributed by atoms with van der Waals surface area (Å²) in [5.74, 6) is 0. The van der Waals surface area contributed by atoms with Crippen molar-refractivity contribution in [3.05, 3.63) is 29.3 Å². The molecule has 18 heavy (non-hydrogen) atoms. The Bertz CT molecular complexity index is 378. The summed E-state index contributed by atoms with van der Waals surface area (Å²) in [7, 11) is 0. The second-order valence-corrected chi connectivity index (χ2v) is 5.78. The Balaban J connectivity index is 1.99. The Labute approximate surface area is 111 Å². The molecule has 0 unspecified atom stereocenters. The second kappa shape index (κ2) is 5.75. The van der Waals surface area contributed by atoms with Crippen LogP contribution in [0.15, 0.2) is 18.2 Å². The van der Waals surface area contributed by atoms with Gasteiger partial charge in [-0.1, -0.05) is 18.2 Å². The van der Waals surface area contributed by atoms with E-state index in [4.69, 9.17) is 0 Å². The van der Waals surface area contributed by atoms with Gasteiger partial charge >= 0.3 is 0 Å². The lowest BCUT2D eigenvalue weighted by atomic mass is 10.1. The molecule has 0 amide bonds. The highest BCUT2D eigenvalue weighted by Crippen LogP contribution is 2.23. The van der Waals surface area contributed by atoms with Crippen molar-refractivity contribution in [2.45, 2.75) is 52.6 Å². The van der Waals surface area contributed by atoms with Crippen molar-refractivity contribution >= 4 is 5.69 Å². The van der Waals surface area contributed by atoms with Gasteiger partial charge in [-0.05, 0) is 58.2 Å². The SMILES string of the molecule is Cc1cccc(C)c1NC[C@@H]1CCCN1C(C)C. The molecule has 2 heteroatoms. The highest BCUT2D eigenvalue weighted by atomic mass is 15.2. The highest BCUT2D eigenvalue weighted by Gasteiger charge is 2.26. The van der Waals surface area contributed by atoms with Gasteiger partial charge in [-0.2, -0.15) is 0 Å². The van der Waals surface area contributed by atoms with E-state index in [2.05, 4.69) is 56.1 Å². The van der Waals surface area contributed by atoms with Crippen LogP contribution >= 0.6 is 0 Å². The van der Waals surface area contributed by atoms with Crippen LogP contribution in [0.5, 0.6) is 0 Å². The molecule has 100 valence electrons. The first kappa shape index (κ1) is 13.4. The summed E-state index contributed by atoms with van der Waals surface area (Å²) in [5.41, 5.74) is 4.03. The molecule has 1 aromatic carbocycles. The van der Waals surface area contributed by atoms with Gasteiger partial charge in [0.05, 0.1) is 0 Å². The Morgan fingerprint density at radius 1 is 1.28 bits per heavy atom. The lowest BCUT2D eigenvalue weighted by molar-refractivity contribution is 0.211. The van der Waals surface area contributed by atoms with E-state index in [1.807, 2.05) is 0 Å². The van der Waals surface area contributed by atoms with E-state index in [1.54, 1.807) is 0 Å². The minimum atomic E-state index is 0.664. The Morgan fingerprint density at radius 3 is 2.56 bits per heavy atom. The Hall–Kier alpha value is -1.02. The zero-order chi connectivity index (χ0) is 13.1. The maximum absolute atomic E-state index is 3.67. The molecule has 1 N–H and O–H groups in total. The van der Waals surface area contributed by atoms with Crippen LogP contribution < -0.4 is 5.32 Å². The van der Waals surface area contributed by atoms with Crippen LogP contribution in [0.25, 0.3) is 0 Å².